The van der Waals surface area contributed by atoms with Crippen LogP contribution in [0.3, 0.4) is 0 Å². The first-order chi connectivity index (χ1) is 8.66. The van der Waals surface area contributed by atoms with Crippen molar-refractivity contribution in [3.63, 3.8) is 0 Å². The zero-order valence-corrected chi connectivity index (χ0v) is 14.6. The Bertz CT molecular complexity index is 343. The SMILES string of the molecule is CC.CCC(c1ccc(C(C)(C)C)cc1)C(C)(C)C. The van der Waals surface area contributed by atoms with Crippen molar-refractivity contribution in [2.45, 2.75) is 80.1 Å². The summed E-state index contributed by atoms with van der Waals surface area (Å²) in [5, 5.41) is 0. The van der Waals surface area contributed by atoms with E-state index in [9.17, 15) is 0 Å². The van der Waals surface area contributed by atoms with E-state index in [1.165, 1.54) is 17.5 Å². The second kappa shape index (κ2) is 7.12. The van der Waals surface area contributed by atoms with Gasteiger partial charge in [-0.15, -0.1) is 0 Å². The van der Waals surface area contributed by atoms with Gasteiger partial charge < -0.3 is 0 Å². The molecule has 0 nitrogen and oxygen atoms in total. The summed E-state index contributed by atoms with van der Waals surface area (Å²) in [6.07, 6.45) is 1.21. The molecule has 19 heavy (non-hydrogen) atoms. The Hall–Kier alpha value is -0.780. The standard InChI is InChI=1S/C17H28.C2H6/c1-8-15(17(5,6)7)13-9-11-14(12-10-13)16(2,3)4;1-2/h9-12,15H,8H2,1-7H3;1-2H3. The number of rotatable bonds is 2. The molecule has 0 heteroatoms. The molecule has 0 aliphatic carbocycles. The average Bonchev–Trinajstić information content (AvgIpc) is 2.30. The van der Waals surface area contributed by atoms with Gasteiger partial charge in [0.15, 0.2) is 0 Å². The Balaban J connectivity index is 0.00000154. The maximum absolute atomic E-state index is 2.33. The molecular formula is C19H34. The van der Waals surface area contributed by atoms with Crippen molar-refractivity contribution in [1.29, 1.82) is 0 Å². The predicted molar refractivity (Wildman–Crippen MR) is 89.0 cm³/mol. The molecule has 1 unspecified atom stereocenters. The molecule has 110 valence electrons. The lowest BCUT2D eigenvalue weighted by Gasteiger charge is -2.31. The lowest BCUT2D eigenvalue weighted by Crippen LogP contribution is -2.18. The van der Waals surface area contributed by atoms with Crippen LogP contribution in [0.15, 0.2) is 24.3 Å². The molecule has 0 fully saturated rings. The second-order valence-electron chi connectivity index (χ2n) is 7.20. The first kappa shape index (κ1) is 18.2. The van der Waals surface area contributed by atoms with Gasteiger partial charge in [0, 0.05) is 0 Å². The van der Waals surface area contributed by atoms with E-state index < -0.39 is 0 Å². The van der Waals surface area contributed by atoms with Gasteiger partial charge in [-0.05, 0) is 34.3 Å². The molecular weight excluding hydrogens is 228 g/mol. The van der Waals surface area contributed by atoms with Crippen molar-refractivity contribution >= 4 is 0 Å². The lowest BCUT2D eigenvalue weighted by molar-refractivity contribution is 0.312. The molecule has 0 amide bonds. The van der Waals surface area contributed by atoms with Gasteiger partial charge in [0.05, 0.1) is 0 Å². The Labute approximate surface area is 121 Å². The van der Waals surface area contributed by atoms with Crippen LogP contribution in [0, 0.1) is 5.41 Å². The van der Waals surface area contributed by atoms with Crippen molar-refractivity contribution in [3.8, 4) is 0 Å². The molecule has 0 N–H and O–H groups in total. The van der Waals surface area contributed by atoms with Gasteiger partial charge in [0.1, 0.15) is 0 Å². The first-order valence-corrected chi connectivity index (χ1v) is 7.76. The molecule has 0 aliphatic heterocycles. The Morgan fingerprint density at radius 1 is 0.842 bits per heavy atom. The van der Waals surface area contributed by atoms with Crippen LogP contribution in [0.2, 0.25) is 0 Å². The maximum Gasteiger partial charge on any atom is -0.0116 e. The van der Waals surface area contributed by atoms with E-state index in [-0.39, 0.29) is 5.41 Å². The van der Waals surface area contributed by atoms with Crippen molar-refractivity contribution in [3.05, 3.63) is 35.4 Å². The van der Waals surface area contributed by atoms with Gasteiger partial charge in [-0.2, -0.15) is 0 Å². The van der Waals surface area contributed by atoms with E-state index in [0.717, 1.165) is 0 Å². The van der Waals surface area contributed by atoms with Crippen LogP contribution >= 0.6 is 0 Å². The average molecular weight is 262 g/mol. The Morgan fingerprint density at radius 2 is 1.26 bits per heavy atom. The molecule has 0 saturated carbocycles. The fourth-order valence-corrected chi connectivity index (χ4v) is 2.56. The van der Waals surface area contributed by atoms with Crippen molar-refractivity contribution < 1.29 is 0 Å². The fourth-order valence-electron chi connectivity index (χ4n) is 2.56. The minimum atomic E-state index is 0.252. The highest BCUT2D eigenvalue weighted by Gasteiger charge is 2.24. The highest BCUT2D eigenvalue weighted by atomic mass is 14.3. The molecule has 0 radical (unpaired) electrons. The molecule has 0 heterocycles. The summed E-state index contributed by atoms with van der Waals surface area (Å²) in [6, 6.07) is 9.23. The molecule has 0 aromatic heterocycles. The zero-order valence-electron chi connectivity index (χ0n) is 14.6. The third kappa shape index (κ3) is 5.38. The summed E-state index contributed by atoms with van der Waals surface area (Å²) >= 11 is 0. The summed E-state index contributed by atoms with van der Waals surface area (Å²) in [5.74, 6) is 0.650. The van der Waals surface area contributed by atoms with Crippen LogP contribution in [0.25, 0.3) is 0 Å². The molecule has 0 aliphatic rings. The Morgan fingerprint density at radius 3 is 1.53 bits per heavy atom. The molecule has 1 atom stereocenters. The highest BCUT2D eigenvalue weighted by Crippen LogP contribution is 2.38. The minimum absolute atomic E-state index is 0.252. The van der Waals surface area contributed by atoms with Crippen molar-refractivity contribution in [2.24, 2.45) is 5.41 Å². The van der Waals surface area contributed by atoms with Crippen LogP contribution in [0.4, 0.5) is 0 Å². The maximum atomic E-state index is 2.33. The van der Waals surface area contributed by atoms with Gasteiger partial charge in [-0.1, -0.05) is 86.6 Å². The molecule has 1 aromatic rings. The number of benzene rings is 1. The van der Waals surface area contributed by atoms with E-state index in [2.05, 4.69) is 72.7 Å². The van der Waals surface area contributed by atoms with Gasteiger partial charge in [0.25, 0.3) is 0 Å². The quantitative estimate of drug-likeness (QED) is 0.567. The largest absolute Gasteiger partial charge is 0.0683 e. The molecule has 1 aromatic carbocycles. The summed E-state index contributed by atoms with van der Waals surface area (Å²) < 4.78 is 0. The molecule has 0 bridgehead atoms. The van der Waals surface area contributed by atoms with Crippen LogP contribution in [0.1, 0.15) is 85.8 Å². The summed E-state index contributed by atoms with van der Waals surface area (Å²) in [7, 11) is 0. The van der Waals surface area contributed by atoms with Crippen LogP contribution in [0.5, 0.6) is 0 Å². The number of hydrogen-bond acceptors (Lipinski definition) is 0. The normalized spacial score (nSPS) is 13.5. The second-order valence-corrected chi connectivity index (χ2v) is 7.20. The van der Waals surface area contributed by atoms with Gasteiger partial charge in [-0.3, -0.25) is 0 Å². The molecule has 1 rings (SSSR count). The highest BCUT2D eigenvalue weighted by molar-refractivity contribution is 5.30. The third-order valence-electron chi connectivity index (χ3n) is 3.63. The lowest BCUT2D eigenvalue weighted by atomic mass is 9.74. The summed E-state index contributed by atoms with van der Waals surface area (Å²) in [4.78, 5) is 0. The van der Waals surface area contributed by atoms with Gasteiger partial charge >= 0.3 is 0 Å². The monoisotopic (exact) mass is 262 g/mol. The van der Waals surface area contributed by atoms with Gasteiger partial charge in [0.2, 0.25) is 0 Å². The van der Waals surface area contributed by atoms with E-state index >= 15 is 0 Å². The van der Waals surface area contributed by atoms with Crippen LogP contribution in [-0.4, -0.2) is 0 Å². The third-order valence-corrected chi connectivity index (χ3v) is 3.63. The molecule has 0 spiro atoms. The van der Waals surface area contributed by atoms with Crippen molar-refractivity contribution in [2.75, 3.05) is 0 Å². The minimum Gasteiger partial charge on any atom is -0.0683 e. The van der Waals surface area contributed by atoms with E-state index in [1.54, 1.807) is 0 Å². The van der Waals surface area contributed by atoms with E-state index in [4.69, 9.17) is 0 Å². The zero-order chi connectivity index (χ0) is 15.3. The summed E-state index contributed by atoms with van der Waals surface area (Å²) in [5.41, 5.74) is 3.50. The smallest absolute Gasteiger partial charge is 0.0116 e. The van der Waals surface area contributed by atoms with Crippen molar-refractivity contribution in [1.82, 2.24) is 0 Å². The first-order valence-electron chi connectivity index (χ1n) is 7.76. The number of hydrogen-bond donors (Lipinski definition) is 0. The van der Waals surface area contributed by atoms with Crippen LogP contribution < -0.4 is 0 Å². The fraction of sp³-hybridized carbons (Fsp3) is 0.684. The van der Waals surface area contributed by atoms with Gasteiger partial charge in [-0.25, -0.2) is 0 Å². The summed E-state index contributed by atoms with van der Waals surface area (Å²) in [6.45, 7) is 20.1. The van der Waals surface area contributed by atoms with E-state index in [0.29, 0.717) is 11.3 Å². The predicted octanol–water partition coefficient (Wildman–Crippen LogP) is 6.55. The topological polar surface area (TPSA) is 0 Å². The van der Waals surface area contributed by atoms with E-state index in [1.807, 2.05) is 13.8 Å². The Kier molecular flexibility index (Phi) is 6.83. The molecule has 0 saturated heterocycles. The van der Waals surface area contributed by atoms with Crippen LogP contribution in [-0.2, 0) is 5.41 Å².